The SMILES string of the molecule is COC[C@@H]1CCCN1C(=O)C1=C(C)NCCC1. The molecule has 0 aliphatic carbocycles. The van der Waals surface area contributed by atoms with Gasteiger partial charge in [0.05, 0.1) is 12.6 Å². The van der Waals surface area contributed by atoms with E-state index in [1.54, 1.807) is 7.11 Å². The maximum absolute atomic E-state index is 12.5. The second-order valence-electron chi connectivity index (χ2n) is 4.88. The molecule has 2 rings (SSSR count). The summed E-state index contributed by atoms with van der Waals surface area (Å²) >= 11 is 0. The zero-order valence-electron chi connectivity index (χ0n) is 10.8. The molecule has 1 saturated heterocycles. The van der Waals surface area contributed by atoms with Gasteiger partial charge in [-0.2, -0.15) is 0 Å². The molecule has 1 amide bonds. The van der Waals surface area contributed by atoms with Crippen LogP contribution in [-0.4, -0.2) is 43.7 Å². The summed E-state index contributed by atoms with van der Waals surface area (Å²) in [5.41, 5.74) is 2.03. The molecule has 0 aromatic rings. The number of rotatable bonds is 3. The second-order valence-corrected chi connectivity index (χ2v) is 4.88. The lowest BCUT2D eigenvalue weighted by atomic mass is 10.0. The molecular weight excluding hydrogens is 216 g/mol. The Hall–Kier alpha value is -1.03. The molecule has 4 nitrogen and oxygen atoms in total. The van der Waals surface area contributed by atoms with Gasteiger partial charge >= 0.3 is 0 Å². The van der Waals surface area contributed by atoms with Crippen LogP contribution in [0.2, 0.25) is 0 Å². The molecule has 0 spiro atoms. The van der Waals surface area contributed by atoms with Crippen molar-refractivity contribution in [2.24, 2.45) is 0 Å². The van der Waals surface area contributed by atoms with E-state index in [0.29, 0.717) is 6.61 Å². The van der Waals surface area contributed by atoms with Crippen LogP contribution in [-0.2, 0) is 9.53 Å². The minimum atomic E-state index is 0.217. The van der Waals surface area contributed by atoms with Crippen LogP contribution in [0, 0.1) is 0 Å². The predicted octanol–water partition coefficient (Wildman–Crippen LogP) is 1.28. The van der Waals surface area contributed by atoms with E-state index in [2.05, 4.69) is 5.32 Å². The molecule has 1 atom stereocenters. The van der Waals surface area contributed by atoms with Crippen molar-refractivity contribution in [1.29, 1.82) is 0 Å². The molecule has 0 saturated carbocycles. The van der Waals surface area contributed by atoms with Crippen molar-refractivity contribution in [1.82, 2.24) is 10.2 Å². The van der Waals surface area contributed by atoms with Gasteiger partial charge in [0, 0.05) is 31.5 Å². The summed E-state index contributed by atoms with van der Waals surface area (Å²) in [6, 6.07) is 0.273. The first-order valence-electron chi connectivity index (χ1n) is 6.47. The fourth-order valence-electron chi connectivity index (χ4n) is 2.74. The molecule has 0 bridgehead atoms. The Balaban J connectivity index is 2.08. The standard InChI is InChI=1S/C13H22N2O2/c1-10-12(6-3-7-14-10)13(16)15-8-4-5-11(15)9-17-2/h11,14H,3-9H2,1-2H3/t11-/m0/s1. The first-order valence-corrected chi connectivity index (χ1v) is 6.47. The first kappa shape index (κ1) is 12.4. The molecular formula is C13H22N2O2. The van der Waals surface area contributed by atoms with Gasteiger partial charge in [-0.25, -0.2) is 0 Å². The molecule has 1 fully saturated rings. The summed E-state index contributed by atoms with van der Waals surface area (Å²) in [5, 5.41) is 3.28. The number of amides is 1. The van der Waals surface area contributed by atoms with Gasteiger partial charge in [0.25, 0.3) is 5.91 Å². The van der Waals surface area contributed by atoms with Gasteiger partial charge in [0.2, 0.25) is 0 Å². The Labute approximate surface area is 103 Å². The molecule has 0 radical (unpaired) electrons. The normalized spacial score (nSPS) is 25.1. The average molecular weight is 238 g/mol. The second kappa shape index (κ2) is 5.54. The lowest BCUT2D eigenvalue weighted by molar-refractivity contribution is -0.129. The van der Waals surface area contributed by atoms with Crippen LogP contribution in [0.15, 0.2) is 11.3 Å². The van der Waals surface area contributed by atoms with Crippen molar-refractivity contribution >= 4 is 5.91 Å². The highest BCUT2D eigenvalue weighted by Crippen LogP contribution is 2.24. The molecule has 96 valence electrons. The van der Waals surface area contributed by atoms with Gasteiger partial charge in [-0.1, -0.05) is 0 Å². The molecule has 0 unspecified atom stereocenters. The fourth-order valence-corrected chi connectivity index (χ4v) is 2.74. The summed E-state index contributed by atoms with van der Waals surface area (Å²) in [6.07, 6.45) is 4.13. The molecule has 4 heteroatoms. The Kier molecular flexibility index (Phi) is 4.05. The molecule has 2 aliphatic heterocycles. The minimum absolute atomic E-state index is 0.217. The number of ether oxygens (including phenoxy) is 1. The summed E-state index contributed by atoms with van der Waals surface area (Å²) in [7, 11) is 1.70. The molecule has 17 heavy (non-hydrogen) atoms. The zero-order valence-corrected chi connectivity index (χ0v) is 10.8. The number of methoxy groups -OCH3 is 1. The molecule has 2 aliphatic rings. The highest BCUT2D eigenvalue weighted by molar-refractivity contribution is 5.94. The fraction of sp³-hybridized carbons (Fsp3) is 0.769. The van der Waals surface area contributed by atoms with E-state index in [1.807, 2.05) is 11.8 Å². The van der Waals surface area contributed by atoms with Gasteiger partial charge < -0.3 is 15.0 Å². The largest absolute Gasteiger partial charge is 0.388 e. The van der Waals surface area contributed by atoms with Gasteiger partial charge in [-0.3, -0.25) is 4.79 Å². The number of nitrogens with zero attached hydrogens (tertiary/aromatic N) is 1. The van der Waals surface area contributed by atoms with Crippen LogP contribution < -0.4 is 5.32 Å². The Bertz CT molecular complexity index is 325. The van der Waals surface area contributed by atoms with Crippen LogP contribution in [0.1, 0.15) is 32.6 Å². The lowest BCUT2D eigenvalue weighted by Gasteiger charge is -2.28. The summed E-state index contributed by atoms with van der Waals surface area (Å²) < 4.78 is 5.19. The average Bonchev–Trinajstić information content (AvgIpc) is 2.78. The van der Waals surface area contributed by atoms with E-state index in [9.17, 15) is 4.79 Å². The van der Waals surface area contributed by atoms with Crippen molar-refractivity contribution in [2.45, 2.75) is 38.6 Å². The van der Waals surface area contributed by atoms with Crippen LogP contribution in [0.25, 0.3) is 0 Å². The van der Waals surface area contributed by atoms with Crippen molar-refractivity contribution in [3.8, 4) is 0 Å². The van der Waals surface area contributed by atoms with Gasteiger partial charge in [-0.15, -0.1) is 0 Å². The van der Waals surface area contributed by atoms with Gasteiger partial charge in [-0.05, 0) is 32.6 Å². The van der Waals surface area contributed by atoms with Crippen LogP contribution in [0.3, 0.4) is 0 Å². The number of nitrogens with one attached hydrogen (secondary N) is 1. The predicted molar refractivity (Wildman–Crippen MR) is 66.5 cm³/mol. The molecule has 0 aromatic heterocycles. The van der Waals surface area contributed by atoms with E-state index in [1.165, 1.54) is 0 Å². The van der Waals surface area contributed by atoms with E-state index in [4.69, 9.17) is 4.74 Å². The monoisotopic (exact) mass is 238 g/mol. The summed E-state index contributed by atoms with van der Waals surface area (Å²) in [5.74, 6) is 0.217. The van der Waals surface area contributed by atoms with E-state index >= 15 is 0 Å². The smallest absolute Gasteiger partial charge is 0.251 e. The maximum Gasteiger partial charge on any atom is 0.251 e. The van der Waals surface area contributed by atoms with E-state index in [-0.39, 0.29) is 11.9 Å². The molecule has 1 N–H and O–H groups in total. The third kappa shape index (κ3) is 2.63. The zero-order chi connectivity index (χ0) is 12.3. The summed E-state index contributed by atoms with van der Waals surface area (Å²) in [6.45, 7) is 4.53. The van der Waals surface area contributed by atoms with Crippen LogP contribution in [0.4, 0.5) is 0 Å². The van der Waals surface area contributed by atoms with E-state index < -0.39 is 0 Å². The number of hydrogen-bond donors (Lipinski definition) is 1. The van der Waals surface area contributed by atoms with Crippen molar-refractivity contribution < 1.29 is 9.53 Å². The highest BCUT2D eigenvalue weighted by atomic mass is 16.5. The minimum Gasteiger partial charge on any atom is -0.388 e. The number of carbonyl (C=O) groups is 1. The Morgan fingerprint density at radius 3 is 3.06 bits per heavy atom. The van der Waals surface area contributed by atoms with Crippen molar-refractivity contribution in [3.05, 3.63) is 11.3 Å². The number of hydrogen-bond acceptors (Lipinski definition) is 3. The molecule has 2 heterocycles. The van der Waals surface area contributed by atoms with E-state index in [0.717, 1.165) is 50.0 Å². The third-order valence-electron chi connectivity index (χ3n) is 3.70. The van der Waals surface area contributed by atoms with Gasteiger partial charge in [0.1, 0.15) is 0 Å². The Morgan fingerprint density at radius 1 is 1.53 bits per heavy atom. The quantitative estimate of drug-likeness (QED) is 0.805. The van der Waals surface area contributed by atoms with Crippen LogP contribution >= 0.6 is 0 Å². The van der Waals surface area contributed by atoms with Crippen LogP contribution in [0.5, 0.6) is 0 Å². The topological polar surface area (TPSA) is 41.6 Å². The number of likely N-dealkylation sites (tertiary alicyclic amines) is 1. The highest BCUT2D eigenvalue weighted by Gasteiger charge is 2.31. The van der Waals surface area contributed by atoms with Crippen molar-refractivity contribution in [3.63, 3.8) is 0 Å². The molecule has 0 aromatic carbocycles. The number of carbonyl (C=O) groups excluding carboxylic acids is 1. The lowest BCUT2D eigenvalue weighted by Crippen LogP contribution is -2.40. The van der Waals surface area contributed by atoms with Gasteiger partial charge in [0.15, 0.2) is 0 Å². The number of allylic oxidation sites excluding steroid dienone is 1. The third-order valence-corrected chi connectivity index (χ3v) is 3.70. The maximum atomic E-state index is 12.5. The first-order chi connectivity index (χ1) is 8.24. The Morgan fingerprint density at radius 2 is 2.35 bits per heavy atom. The van der Waals surface area contributed by atoms with Crippen molar-refractivity contribution in [2.75, 3.05) is 26.8 Å². The summed E-state index contributed by atoms with van der Waals surface area (Å²) in [4.78, 5) is 14.5.